The molecule has 0 spiro atoms. The maximum absolute atomic E-state index is 6.09. The molecule has 0 nitrogen and oxygen atoms in total. The molecule has 0 heterocycles. The van der Waals surface area contributed by atoms with E-state index in [0.717, 1.165) is 17.9 Å². The van der Waals surface area contributed by atoms with E-state index in [1.54, 1.807) is 0 Å². The molecule has 0 fully saturated rings. The van der Waals surface area contributed by atoms with Gasteiger partial charge in [0.05, 0.1) is 0 Å². The third-order valence-electron chi connectivity index (χ3n) is 2.08. The second kappa shape index (κ2) is 4.52. The first-order valence-electron chi connectivity index (χ1n) is 4.22. The molecule has 0 aliphatic rings. The molecular formula is C10H12ClSn. The SMILES string of the molecule is CCc1c(Cl)cc[c]([Sn])c1CC. The van der Waals surface area contributed by atoms with Crippen molar-refractivity contribution in [1.82, 2.24) is 0 Å². The molecule has 0 saturated heterocycles. The predicted molar refractivity (Wildman–Crippen MR) is 55.6 cm³/mol. The van der Waals surface area contributed by atoms with Crippen molar-refractivity contribution >= 4 is 37.7 Å². The van der Waals surface area contributed by atoms with Gasteiger partial charge in [0.1, 0.15) is 0 Å². The standard InChI is InChI=1S/C10H12Cl.Sn/c1-3-8-6-5-7-10(11)9(8)4-2;/h5,7H,3-4H2,1-2H3;. The van der Waals surface area contributed by atoms with Crippen LogP contribution in [0.15, 0.2) is 12.1 Å². The summed E-state index contributed by atoms with van der Waals surface area (Å²) in [6.07, 6.45) is 2.15. The van der Waals surface area contributed by atoms with Gasteiger partial charge < -0.3 is 0 Å². The minimum atomic E-state index is 0.931. The molecular weight excluding hydrogens is 274 g/mol. The Kier molecular flexibility index (Phi) is 3.91. The first-order valence-corrected chi connectivity index (χ1v) is 6.03. The molecule has 0 amide bonds. The van der Waals surface area contributed by atoms with E-state index in [-0.39, 0.29) is 0 Å². The van der Waals surface area contributed by atoms with E-state index in [1.807, 2.05) is 6.07 Å². The number of hydrogen-bond acceptors (Lipinski definition) is 0. The van der Waals surface area contributed by atoms with Gasteiger partial charge in [0.15, 0.2) is 0 Å². The molecule has 0 bridgehead atoms. The summed E-state index contributed by atoms with van der Waals surface area (Å²) in [7, 11) is 0. The molecule has 1 rings (SSSR count). The van der Waals surface area contributed by atoms with E-state index in [4.69, 9.17) is 11.6 Å². The van der Waals surface area contributed by atoms with Gasteiger partial charge >= 0.3 is 92.7 Å². The Hall–Kier alpha value is 0.309. The van der Waals surface area contributed by atoms with Gasteiger partial charge in [-0.15, -0.1) is 0 Å². The van der Waals surface area contributed by atoms with Crippen LogP contribution in [0.25, 0.3) is 0 Å². The van der Waals surface area contributed by atoms with Crippen molar-refractivity contribution in [3.05, 3.63) is 28.3 Å². The molecule has 0 aromatic heterocycles. The monoisotopic (exact) mass is 287 g/mol. The number of rotatable bonds is 2. The molecule has 1 aromatic carbocycles. The molecule has 63 valence electrons. The van der Waals surface area contributed by atoms with Crippen LogP contribution in [0.3, 0.4) is 0 Å². The molecule has 0 aliphatic carbocycles. The van der Waals surface area contributed by atoms with Crippen LogP contribution in [0.4, 0.5) is 0 Å². The van der Waals surface area contributed by atoms with Crippen LogP contribution >= 0.6 is 11.6 Å². The fourth-order valence-corrected chi connectivity index (χ4v) is 2.93. The fourth-order valence-electron chi connectivity index (χ4n) is 1.45. The van der Waals surface area contributed by atoms with Crippen molar-refractivity contribution in [1.29, 1.82) is 0 Å². The van der Waals surface area contributed by atoms with Gasteiger partial charge in [-0.1, -0.05) is 0 Å². The maximum atomic E-state index is 6.09. The van der Waals surface area contributed by atoms with E-state index in [0.29, 0.717) is 0 Å². The molecule has 2 heteroatoms. The molecule has 1 aromatic rings. The Morgan fingerprint density at radius 3 is 2.17 bits per heavy atom. The average molecular weight is 286 g/mol. The van der Waals surface area contributed by atoms with E-state index in [2.05, 4.69) is 19.9 Å². The molecule has 0 atom stereocenters. The Bertz CT molecular complexity index is 252. The van der Waals surface area contributed by atoms with Crippen molar-refractivity contribution in [3.63, 3.8) is 0 Å². The van der Waals surface area contributed by atoms with Gasteiger partial charge in [-0.25, -0.2) is 0 Å². The van der Waals surface area contributed by atoms with E-state index < -0.39 is 0 Å². The van der Waals surface area contributed by atoms with Crippen molar-refractivity contribution in [2.24, 2.45) is 0 Å². The molecule has 0 aliphatic heterocycles. The normalized spacial score (nSPS) is 10.3. The van der Waals surface area contributed by atoms with Crippen LogP contribution in [0, 0.1) is 0 Å². The Morgan fingerprint density at radius 2 is 1.75 bits per heavy atom. The first-order chi connectivity index (χ1) is 5.70. The van der Waals surface area contributed by atoms with Crippen LogP contribution in [0.5, 0.6) is 0 Å². The van der Waals surface area contributed by atoms with Crippen LogP contribution in [-0.4, -0.2) is 22.5 Å². The van der Waals surface area contributed by atoms with E-state index in [9.17, 15) is 0 Å². The second-order valence-corrected chi connectivity index (χ2v) is 4.70. The third kappa shape index (κ3) is 1.97. The van der Waals surface area contributed by atoms with Gasteiger partial charge in [0.2, 0.25) is 0 Å². The zero-order chi connectivity index (χ0) is 9.14. The summed E-state index contributed by atoms with van der Waals surface area (Å²) in [6, 6.07) is 4.15. The summed E-state index contributed by atoms with van der Waals surface area (Å²) >= 11 is 7.58. The van der Waals surface area contributed by atoms with Crippen LogP contribution in [-0.2, 0) is 12.8 Å². The van der Waals surface area contributed by atoms with Crippen LogP contribution < -0.4 is 3.58 Å². The third-order valence-corrected chi connectivity index (χ3v) is 3.77. The quantitative estimate of drug-likeness (QED) is 0.732. The topological polar surface area (TPSA) is 0 Å². The zero-order valence-electron chi connectivity index (χ0n) is 7.45. The number of benzene rings is 1. The average Bonchev–Trinajstić information content (AvgIpc) is 2.08. The summed E-state index contributed by atoms with van der Waals surface area (Å²) in [5, 5.41) is 0.931. The zero-order valence-corrected chi connectivity index (χ0v) is 11.1. The van der Waals surface area contributed by atoms with Crippen molar-refractivity contribution in [3.8, 4) is 0 Å². The molecule has 3 radical (unpaired) electrons. The summed E-state index contributed by atoms with van der Waals surface area (Å²) < 4.78 is 1.45. The predicted octanol–water partition coefficient (Wildman–Crippen LogP) is 2.26. The Morgan fingerprint density at radius 1 is 1.17 bits per heavy atom. The molecule has 0 N–H and O–H groups in total. The summed E-state index contributed by atoms with van der Waals surface area (Å²) in [4.78, 5) is 0. The van der Waals surface area contributed by atoms with Gasteiger partial charge in [0.25, 0.3) is 0 Å². The van der Waals surface area contributed by atoms with Gasteiger partial charge in [-0.3, -0.25) is 0 Å². The van der Waals surface area contributed by atoms with Crippen LogP contribution in [0.1, 0.15) is 25.0 Å². The Balaban J connectivity index is 3.28. The molecule has 0 saturated carbocycles. The summed E-state index contributed by atoms with van der Waals surface area (Å²) in [6.45, 7) is 4.36. The van der Waals surface area contributed by atoms with Gasteiger partial charge in [-0.2, -0.15) is 0 Å². The number of halogens is 1. The minimum absolute atomic E-state index is 0.931. The fraction of sp³-hybridized carbons (Fsp3) is 0.400. The van der Waals surface area contributed by atoms with E-state index >= 15 is 0 Å². The van der Waals surface area contributed by atoms with Crippen molar-refractivity contribution in [2.45, 2.75) is 26.7 Å². The summed E-state index contributed by atoms with van der Waals surface area (Å²) in [5.74, 6) is 0. The number of hydrogen-bond donors (Lipinski definition) is 0. The van der Waals surface area contributed by atoms with Crippen molar-refractivity contribution in [2.75, 3.05) is 0 Å². The Labute approximate surface area is 92.4 Å². The van der Waals surface area contributed by atoms with Gasteiger partial charge in [-0.05, 0) is 0 Å². The second-order valence-electron chi connectivity index (χ2n) is 2.76. The van der Waals surface area contributed by atoms with Crippen LogP contribution in [0.2, 0.25) is 5.02 Å². The van der Waals surface area contributed by atoms with E-state index in [1.165, 1.54) is 37.2 Å². The summed E-state index contributed by atoms with van der Waals surface area (Å²) in [5.41, 5.74) is 2.80. The first kappa shape index (κ1) is 10.4. The molecule has 12 heavy (non-hydrogen) atoms. The molecule has 0 unspecified atom stereocenters. The van der Waals surface area contributed by atoms with Gasteiger partial charge in [0, 0.05) is 0 Å². The van der Waals surface area contributed by atoms with Crippen molar-refractivity contribution < 1.29 is 0 Å².